The molecular formula is C29H33F9N6O6. The Bertz CT molecular complexity index is 1540. The molecule has 0 saturated carbocycles. The van der Waals surface area contributed by atoms with E-state index in [1.807, 2.05) is 17.9 Å². The first kappa shape index (κ1) is 41.5. The molecule has 12 nitrogen and oxygen atoms in total. The second-order valence-corrected chi connectivity index (χ2v) is 11.1. The van der Waals surface area contributed by atoms with Crippen molar-refractivity contribution in [1.82, 2.24) is 29.1 Å². The number of alkyl halides is 9. The molecule has 2 aliphatic rings. The Morgan fingerprint density at radius 2 is 1.22 bits per heavy atom. The van der Waals surface area contributed by atoms with Crippen LogP contribution in [0.4, 0.5) is 39.5 Å². The zero-order valence-electron chi connectivity index (χ0n) is 26.6. The fourth-order valence-corrected chi connectivity index (χ4v) is 5.06. The molecule has 3 aromatic rings. The van der Waals surface area contributed by atoms with Crippen molar-refractivity contribution in [3.63, 3.8) is 0 Å². The van der Waals surface area contributed by atoms with E-state index in [9.17, 15) is 39.5 Å². The van der Waals surface area contributed by atoms with Crippen molar-refractivity contribution < 1.29 is 69.2 Å². The van der Waals surface area contributed by atoms with Gasteiger partial charge in [-0.15, -0.1) is 0 Å². The van der Waals surface area contributed by atoms with Gasteiger partial charge in [-0.05, 0) is 32.4 Å². The maximum atomic E-state index is 10.6. The van der Waals surface area contributed by atoms with Gasteiger partial charge in [-0.1, -0.05) is 29.8 Å². The molecule has 1 fully saturated rings. The van der Waals surface area contributed by atoms with Gasteiger partial charge in [0.2, 0.25) is 0 Å². The lowest BCUT2D eigenvalue weighted by Gasteiger charge is -2.49. The number of aromatic nitrogens is 4. The summed E-state index contributed by atoms with van der Waals surface area (Å²) in [6, 6.07) is 8.83. The molecule has 2 aliphatic heterocycles. The Labute approximate surface area is 278 Å². The fraction of sp³-hybridized carbons (Fsp3) is 0.483. The van der Waals surface area contributed by atoms with Crippen molar-refractivity contribution in [3.05, 3.63) is 59.8 Å². The van der Waals surface area contributed by atoms with Crippen LogP contribution in [0.1, 0.15) is 29.8 Å². The summed E-state index contributed by atoms with van der Waals surface area (Å²) in [5.74, 6) is -7.02. The molecule has 1 saturated heterocycles. The summed E-state index contributed by atoms with van der Waals surface area (Å²) < 4.78 is 99.6. The molecule has 3 N–H and O–H groups in total. The first-order chi connectivity index (χ1) is 22.9. The number of likely N-dealkylation sites (N-methyl/N-ethyl adjacent to an activating group) is 1. The van der Waals surface area contributed by atoms with Gasteiger partial charge in [0, 0.05) is 51.5 Å². The molecule has 21 heteroatoms. The predicted molar refractivity (Wildman–Crippen MR) is 155 cm³/mol. The molecule has 4 heterocycles. The van der Waals surface area contributed by atoms with Gasteiger partial charge in [0.05, 0.1) is 23.6 Å². The van der Waals surface area contributed by atoms with E-state index >= 15 is 0 Å². The smallest absolute Gasteiger partial charge is 0.475 e. The number of rotatable bonds is 3. The second kappa shape index (κ2) is 16.4. The van der Waals surface area contributed by atoms with Crippen LogP contribution in [0.25, 0.3) is 11.3 Å². The standard InChI is InChI=1S/C23H30N6.3C2HF3O2/c1-18-4-6-20(7-5-18)21-15-24-22-23(26(2)12-13-29(21)22)8-10-28(11-9-23)17-19-14-25-27(3)16-19;3*3-2(4,5)1(6)7/h4-7,14-16H,8-13,17H2,1-3H3;3*(H,6,7). The van der Waals surface area contributed by atoms with E-state index in [0.29, 0.717) is 0 Å². The third kappa shape index (κ3) is 11.5. The number of carboxylic acid groups (broad SMARTS) is 3. The molecule has 0 unspecified atom stereocenters. The number of carboxylic acids is 3. The molecule has 278 valence electrons. The maximum absolute atomic E-state index is 10.6. The summed E-state index contributed by atoms with van der Waals surface area (Å²) in [6.07, 6.45) is -6.82. The van der Waals surface area contributed by atoms with Gasteiger partial charge in [-0.3, -0.25) is 14.5 Å². The monoisotopic (exact) mass is 732 g/mol. The SMILES string of the molecule is Cc1ccc(-c2cnc3n2CCN(C)C32CCN(Cc3cnn(C)c3)CC2)cc1.O=C(O)C(F)(F)F.O=C(O)C(F)(F)F.O=C(O)C(F)(F)F. The number of aliphatic carboxylic acids is 3. The number of fused-ring (bicyclic) bond motifs is 2. The Morgan fingerprint density at radius 3 is 1.62 bits per heavy atom. The first-order valence-electron chi connectivity index (χ1n) is 14.3. The number of hydrogen-bond acceptors (Lipinski definition) is 7. The number of likely N-dealkylation sites (tertiary alicyclic amines) is 1. The lowest BCUT2D eigenvalue weighted by molar-refractivity contribution is -0.193. The first-order valence-corrected chi connectivity index (χ1v) is 14.3. The van der Waals surface area contributed by atoms with Crippen LogP contribution < -0.4 is 0 Å². The normalized spacial score (nSPS) is 16.1. The number of aryl methyl sites for hydroxylation is 2. The third-order valence-electron chi connectivity index (χ3n) is 7.58. The van der Waals surface area contributed by atoms with E-state index in [1.165, 1.54) is 28.2 Å². The molecule has 5 rings (SSSR count). The molecule has 1 aromatic carbocycles. The quantitative estimate of drug-likeness (QED) is 0.316. The van der Waals surface area contributed by atoms with Gasteiger partial charge >= 0.3 is 36.4 Å². The zero-order chi connectivity index (χ0) is 38.2. The van der Waals surface area contributed by atoms with Gasteiger partial charge < -0.3 is 19.9 Å². The van der Waals surface area contributed by atoms with E-state index in [-0.39, 0.29) is 5.54 Å². The fourth-order valence-electron chi connectivity index (χ4n) is 5.06. The Kier molecular flexibility index (Phi) is 13.6. The van der Waals surface area contributed by atoms with Crippen LogP contribution in [0.15, 0.2) is 42.9 Å². The highest BCUT2D eigenvalue weighted by molar-refractivity contribution is 5.73. The van der Waals surface area contributed by atoms with Crippen molar-refractivity contribution >= 4 is 17.9 Å². The number of piperidine rings is 1. The van der Waals surface area contributed by atoms with Crippen LogP contribution in [0, 0.1) is 6.92 Å². The molecular weight excluding hydrogens is 699 g/mol. The Morgan fingerprint density at radius 1 is 0.760 bits per heavy atom. The molecule has 1 spiro atoms. The van der Waals surface area contributed by atoms with Gasteiger partial charge in [0.25, 0.3) is 0 Å². The van der Waals surface area contributed by atoms with Gasteiger partial charge in [0.1, 0.15) is 5.82 Å². The minimum Gasteiger partial charge on any atom is -0.475 e. The maximum Gasteiger partial charge on any atom is 0.490 e. The van der Waals surface area contributed by atoms with Crippen molar-refractivity contribution in [1.29, 1.82) is 0 Å². The molecule has 0 radical (unpaired) electrons. The van der Waals surface area contributed by atoms with E-state index in [0.717, 1.165) is 45.6 Å². The molecule has 0 aliphatic carbocycles. The number of halogens is 9. The van der Waals surface area contributed by atoms with Crippen LogP contribution in [0.5, 0.6) is 0 Å². The van der Waals surface area contributed by atoms with Crippen LogP contribution >= 0.6 is 0 Å². The van der Waals surface area contributed by atoms with Crippen molar-refractivity contribution in [2.45, 2.75) is 56.9 Å². The minimum atomic E-state index is -5.08. The summed E-state index contributed by atoms with van der Waals surface area (Å²) in [4.78, 5) is 36.8. The number of hydrogen-bond donors (Lipinski definition) is 3. The lowest BCUT2D eigenvalue weighted by Crippen LogP contribution is -2.56. The molecule has 0 atom stereocenters. The topological polar surface area (TPSA) is 154 Å². The highest BCUT2D eigenvalue weighted by atomic mass is 19.4. The second-order valence-electron chi connectivity index (χ2n) is 11.1. The number of benzene rings is 1. The van der Waals surface area contributed by atoms with Crippen molar-refractivity contribution in [2.75, 3.05) is 26.7 Å². The zero-order valence-corrected chi connectivity index (χ0v) is 26.6. The Hall–Kier alpha value is -4.66. The van der Waals surface area contributed by atoms with Gasteiger partial charge in [-0.25, -0.2) is 19.4 Å². The van der Waals surface area contributed by atoms with Crippen LogP contribution in [-0.2, 0) is 40.1 Å². The summed E-state index contributed by atoms with van der Waals surface area (Å²) in [5, 5.41) is 25.7. The Balaban J connectivity index is 0.000000338. The van der Waals surface area contributed by atoms with Gasteiger partial charge in [-0.2, -0.15) is 44.6 Å². The lowest BCUT2D eigenvalue weighted by atomic mass is 9.83. The van der Waals surface area contributed by atoms with Crippen LogP contribution in [0.2, 0.25) is 0 Å². The average Bonchev–Trinajstić information content (AvgIpc) is 3.62. The van der Waals surface area contributed by atoms with E-state index in [4.69, 9.17) is 34.7 Å². The largest absolute Gasteiger partial charge is 0.490 e. The predicted octanol–water partition coefficient (Wildman–Crippen LogP) is 4.93. The number of imidazole rings is 1. The third-order valence-corrected chi connectivity index (χ3v) is 7.58. The number of nitrogens with zero attached hydrogens (tertiary/aromatic N) is 6. The summed E-state index contributed by atoms with van der Waals surface area (Å²) in [5.41, 5.74) is 5.16. The van der Waals surface area contributed by atoms with E-state index in [1.54, 1.807) is 0 Å². The molecule has 0 bridgehead atoms. The summed E-state index contributed by atoms with van der Waals surface area (Å²) in [6.45, 7) is 7.38. The summed E-state index contributed by atoms with van der Waals surface area (Å²) >= 11 is 0. The molecule has 2 aromatic heterocycles. The summed E-state index contributed by atoms with van der Waals surface area (Å²) in [7, 11) is 4.26. The highest BCUT2D eigenvalue weighted by Crippen LogP contribution is 2.41. The van der Waals surface area contributed by atoms with Gasteiger partial charge in [0.15, 0.2) is 0 Å². The minimum absolute atomic E-state index is 0.0482. The molecule has 50 heavy (non-hydrogen) atoms. The number of carbonyl (C=O) groups is 3. The van der Waals surface area contributed by atoms with E-state index < -0.39 is 36.4 Å². The highest BCUT2D eigenvalue weighted by Gasteiger charge is 2.46. The van der Waals surface area contributed by atoms with Crippen LogP contribution in [-0.4, -0.2) is 108 Å². The average molecular weight is 733 g/mol. The van der Waals surface area contributed by atoms with E-state index in [2.05, 4.69) is 70.1 Å². The van der Waals surface area contributed by atoms with Crippen LogP contribution in [0.3, 0.4) is 0 Å². The van der Waals surface area contributed by atoms with Crippen molar-refractivity contribution in [2.24, 2.45) is 7.05 Å². The van der Waals surface area contributed by atoms with Crippen molar-refractivity contribution in [3.8, 4) is 11.3 Å². The molecule has 0 amide bonds.